The van der Waals surface area contributed by atoms with Gasteiger partial charge in [-0.3, -0.25) is 0 Å². The lowest BCUT2D eigenvalue weighted by molar-refractivity contribution is 0.0635. The van der Waals surface area contributed by atoms with Gasteiger partial charge in [0.25, 0.3) is 0 Å². The van der Waals surface area contributed by atoms with Crippen LogP contribution in [0.25, 0.3) is 0 Å². The van der Waals surface area contributed by atoms with Crippen molar-refractivity contribution in [2.24, 2.45) is 5.41 Å². The van der Waals surface area contributed by atoms with E-state index in [4.69, 9.17) is 5.11 Å². The first-order valence-electron chi connectivity index (χ1n) is 3.18. The number of hydrogen-bond acceptors (Lipinski definition) is 1. The molecule has 0 aliphatic heterocycles. The monoisotopic (exact) mass is 116 g/mol. The molecule has 8 heavy (non-hydrogen) atoms. The van der Waals surface area contributed by atoms with Crippen molar-refractivity contribution in [3.63, 3.8) is 0 Å². The van der Waals surface area contributed by atoms with Gasteiger partial charge in [0.1, 0.15) is 0 Å². The summed E-state index contributed by atoms with van der Waals surface area (Å²) < 4.78 is 0. The van der Waals surface area contributed by atoms with E-state index in [1.165, 1.54) is 0 Å². The van der Waals surface area contributed by atoms with Crippen LogP contribution >= 0.6 is 0 Å². The molecule has 0 amide bonds. The Balaban J connectivity index is 3.71. The van der Waals surface area contributed by atoms with Crippen molar-refractivity contribution in [1.82, 2.24) is 0 Å². The topological polar surface area (TPSA) is 20.2 Å². The van der Waals surface area contributed by atoms with Gasteiger partial charge in [0.15, 0.2) is 0 Å². The molecule has 0 radical (unpaired) electrons. The number of aliphatic hydroxyl groups is 1. The molecule has 0 spiro atoms. The fourth-order valence-electron chi connectivity index (χ4n) is 0.295. The molecule has 0 aromatic heterocycles. The maximum Gasteiger partial charge on any atom is 0.0562 e. The molecule has 1 atom stereocenters. The van der Waals surface area contributed by atoms with E-state index in [0.717, 1.165) is 6.42 Å². The summed E-state index contributed by atoms with van der Waals surface area (Å²) in [5.74, 6) is 0. The highest BCUT2D eigenvalue weighted by Crippen LogP contribution is 2.23. The van der Waals surface area contributed by atoms with E-state index in [-0.39, 0.29) is 11.5 Å². The number of rotatable bonds is 2. The quantitative estimate of drug-likeness (QED) is 0.583. The summed E-state index contributed by atoms with van der Waals surface area (Å²) in [4.78, 5) is 0. The van der Waals surface area contributed by atoms with Gasteiger partial charge in [-0.15, -0.1) is 0 Å². The predicted octanol–water partition coefficient (Wildman–Crippen LogP) is 1.80. The van der Waals surface area contributed by atoms with Crippen LogP contribution in [0.1, 0.15) is 34.1 Å². The lowest BCUT2D eigenvalue weighted by Gasteiger charge is -2.25. The van der Waals surface area contributed by atoms with Crippen LogP contribution in [0.15, 0.2) is 0 Å². The molecule has 0 bridgehead atoms. The third-order valence-electron chi connectivity index (χ3n) is 2.04. The molecule has 0 aliphatic rings. The summed E-state index contributed by atoms with van der Waals surface area (Å²) in [6, 6.07) is 0. The Morgan fingerprint density at radius 1 is 1.50 bits per heavy atom. The van der Waals surface area contributed by atoms with Crippen molar-refractivity contribution in [1.29, 1.82) is 0 Å². The van der Waals surface area contributed by atoms with Crippen LogP contribution < -0.4 is 0 Å². The Kier molecular flexibility index (Phi) is 2.48. The molecular formula is C7H16O. The van der Waals surface area contributed by atoms with Crippen LogP contribution in [0.3, 0.4) is 0 Å². The van der Waals surface area contributed by atoms with Crippen LogP contribution in [-0.2, 0) is 0 Å². The minimum Gasteiger partial charge on any atom is -0.393 e. The second-order valence-corrected chi connectivity index (χ2v) is 3.02. The zero-order valence-electron chi connectivity index (χ0n) is 6.23. The normalized spacial score (nSPS) is 16.1. The fraction of sp³-hybridized carbons (Fsp3) is 1.00. The maximum absolute atomic E-state index is 9.08. The molecule has 0 unspecified atom stereocenters. The molecule has 50 valence electrons. The Bertz CT molecular complexity index is 64.8. The molecule has 1 heteroatoms. The second-order valence-electron chi connectivity index (χ2n) is 3.02. The average molecular weight is 116 g/mol. The van der Waals surface area contributed by atoms with E-state index in [0.29, 0.717) is 0 Å². The average Bonchev–Trinajstić information content (AvgIpc) is 1.67. The van der Waals surface area contributed by atoms with Gasteiger partial charge in [0, 0.05) is 0 Å². The maximum atomic E-state index is 9.08. The zero-order chi connectivity index (χ0) is 6.78. The number of hydrogen-bond donors (Lipinski definition) is 1. The van der Waals surface area contributed by atoms with Crippen LogP contribution in [0.5, 0.6) is 0 Å². The molecule has 1 nitrogen and oxygen atoms in total. The van der Waals surface area contributed by atoms with Crippen LogP contribution in [0, 0.1) is 5.41 Å². The SMILES string of the molecule is CCC(C)(C)[C@@H](C)O. The molecule has 0 saturated heterocycles. The van der Waals surface area contributed by atoms with Gasteiger partial charge in [0.05, 0.1) is 6.10 Å². The third-order valence-corrected chi connectivity index (χ3v) is 2.04. The first-order valence-corrected chi connectivity index (χ1v) is 3.18. The van der Waals surface area contributed by atoms with Gasteiger partial charge in [-0.05, 0) is 18.8 Å². The first-order chi connectivity index (χ1) is 3.50. The van der Waals surface area contributed by atoms with Crippen LogP contribution in [-0.4, -0.2) is 11.2 Å². The van der Waals surface area contributed by atoms with Crippen molar-refractivity contribution in [3.05, 3.63) is 0 Å². The summed E-state index contributed by atoms with van der Waals surface area (Å²) in [7, 11) is 0. The minimum atomic E-state index is -0.188. The van der Waals surface area contributed by atoms with Gasteiger partial charge >= 0.3 is 0 Å². The number of aliphatic hydroxyl groups excluding tert-OH is 1. The van der Waals surface area contributed by atoms with E-state index in [1.54, 1.807) is 0 Å². The van der Waals surface area contributed by atoms with Gasteiger partial charge < -0.3 is 5.11 Å². The third kappa shape index (κ3) is 1.83. The highest BCUT2D eigenvalue weighted by Gasteiger charge is 2.20. The van der Waals surface area contributed by atoms with Gasteiger partial charge in [0.2, 0.25) is 0 Å². The predicted molar refractivity (Wildman–Crippen MR) is 35.8 cm³/mol. The van der Waals surface area contributed by atoms with E-state index in [9.17, 15) is 0 Å². The summed E-state index contributed by atoms with van der Waals surface area (Å²) in [5.41, 5.74) is 0.0972. The summed E-state index contributed by atoms with van der Waals surface area (Å²) >= 11 is 0. The molecular weight excluding hydrogens is 100 g/mol. The fourth-order valence-corrected chi connectivity index (χ4v) is 0.295. The van der Waals surface area contributed by atoms with E-state index in [1.807, 2.05) is 6.92 Å². The van der Waals surface area contributed by atoms with Gasteiger partial charge in [-0.2, -0.15) is 0 Å². The molecule has 0 fully saturated rings. The van der Waals surface area contributed by atoms with Crippen molar-refractivity contribution in [3.8, 4) is 0 Å². The molecule has 0 rings (SSSR count). The molecule has 0 aliphatic carbocycles. The standard InChI is InChI=1S/C7H16O/c1-5-7(3,4)6(2)8/h6,8H,5H2,1-4H3/t6-/m1/s1. The Hall–Kier alpha value is -0.0400. The van der Waals surface area contributed by atoms with Gasteiger partial charge in [-0.1, -0.05) is 20.8 Å². The molecule has 0 saturated carbocycles. The summed E-state index contributed by atoms with van der Waals surface area (Å²) in [6.45, 7) is 8.06. The molecule has 0 heterocycles. The highest BCUT2D eigenvalue weighted by atomic mass is 16.3. The Morgan fingerprint density at radius 2 is 1.88 bits per heavy atom. The molecule has 1 N–H and O–H groups in total. The van der Waals surface area contributed by atoms with Gasteiger partial charge in [-0.25, -0.2) is 0 Å². The minimum absolute atomic E-state index is 0.0972. The smallest absolute Gasteiger partial charge is 0.0562 e. The van der Waals surface area contributed by atoms with Crippen molar-refractivity contribution >= 4 is 0 Å². The van der Waals surface area contributed by atoms with E-state index < -0.39 is 0 Å². The van der Waals surface area contributed by atoms with Crippen molar-refractivity contribution in [2.75, 3.05) is 0 Å². The zero-order valence-corrected chi connectivity index (χ0v) is 6.23. The summed E-state index contributed by atoms with van der Waals surface area (Å²) in [5, 5.41) is 9.08. The van der Waals surface area contributed by atoms with Crippen molar-refractivity contribution < 1.29 is 5.11 Å². The Labute approximate surface area is 51.7 Å². The largest absolute Gasteiger partial charge is 0.393 e. The lowest BCUT2D eigenvalue weighted by Crippen LogP contribution is -2.24. The van der Waals surface area contributed by atoms with Crippen LogP contribution in [0.4, 0.5) is 0 Å². The first kappa shape index (κ1) is 7.96. The Morgan fingerprint density at radius 3 is 1.88 bits per heavy atom. The molecule has 0 aromatic rings. The van der Waals surface area contributed by atoms with E-state index in [2.05, 4.69) is 20.8 Å². The lowest BCUT2D eigenvalue weighted by atomic mass is 9.85. The summed E-state index contributed by atoms with van der Waals surface area (Å²) in [6.07, 6.45) is 0.845. The van der Waals surface area contributed by atoms with Crippen molar-refractivity contribution in [2.45, 2.75) is 40.2 Å². The second kappa shape index (κ2) is 2.49. The molecule has 0 aromatic carbocycles. The van der Waals surface area contributed by atoms with Crippen LogP contribution in [0.2, 0.25) is 0 Å². The van der Waals surface area contributed by atoms with E-state index >= 15 is 0 Å². The highest BCUT2D eigenvalue weighted by molar-refractivity contribution is 4.71.